The maximum Gasteiger partial charge on any atom is 0.332 e. The van der Waals surface area contributed by atoms with Crippen LogP contribution in [-0.4, -0.2) is 98.3 Å². The Morgan fingerprint density at radius 2 is 2.18 bits per heavy atom. The molecule has 13 heteroatoms. The van der Waals surface area contributed by atoms with E-state index in [4.69, 9.17) is 6.42 Å². The zero-order valence-corrected chi connectivity index (χ0v) is 22.0. The fourth-order valence-corrected chi connectivity index (χ4v) is 5.83. The number of para-hydroxylation sites is 1. The second-order valence-electron chi connectivity index (χ2n) is 9.06. The van der Waals surface area contributed by atoms with Crippen LogP contribution in [-0.2, 0) is 22.6 Å². The van der Waals surface area contributed by atoms with Crippen molar-refractivity contribution in [1.82, 2.24) is 35.1 Å². The van der Waals surface area contributed by atoms with Crippen LogP contribution in [0.4, 0.5) is 9.93 Å². The van der Waals surface area contributed by atoms with E-state index in [-0.39, 0.29) is 50.2 Å². The number of hydrogen-bond acceptors (Lipinski definition) is 9. The Bertz CT molecular complexity index is 1480. The molecule has 0 unspecified atom stereocenters. The molecule has 1 aromatic carbocycles. The van der Waals surface area contributed by atoms with Gasteiger partial charge >= 0.3 is 6.03 Å². The van der Waals surface area contributed by atoms with Gasteiger partial charge in [-0.05, 0) is 30.5 Å². The van der Waals surface area contributed by atoms with Gasteiger partial charge in [-0.3, -0.25) is 14.6 Å². The number of carbonyl (C=O) groups excluding carboxylic acids is 3. The summed E-state index contributed by atoms with van der Waals surface area (Å²) in [5.41, 5.74) is 2.09. The number of nitrogens with one attached hydrogen (secondary N) is 1. The maximum atomic E-state index is 13.9. The summed E-state index contributed by atoms with van der Waals surface area (Å²) >= 11 is 1.41. The molecule has 200 valence electrons. The number of piperazine rings is 1. The molecule has 2 fully saturated rings. The average molecular weight is 547 g/mol. The van der Waals surface area contributed by atoms with E-state index in [1.165, 1.54) is 40.6 Å². The second-order valence-corrected chi connectivity index (χ2v) is 10.1. The number of aliphatic imine (C=N–C) groups is 1. The number of fused-ring (bicyclic) bond motifs is 2. The molecule has 4 amide bonds. The van der Waals surface area contributed by atoms with Gasteiger partial charge in [-0.25, -0.2) is 19.8 Å². The molecule has 0 bridgehead atoms. The normalized spacial score (nSPS) is 19.2. The number of hydrogen-bond donors (Lipinski definition) is 2. The van der Waals surface area contributed by atoms with E-state index in [2.05, 4.69) is 32.9 Å². The van der Waals surface area contributed by atoms with Crippen molar-refractivity contribution in [3.8, 4) is 18.1 Å². The molecular formula is C26H26N8O4S. The minimum atomic E-state index is -0.879. The highest BCUT2D eigenvalue weighted by Crippen LogP contribution is 2.33. The molecule has 2 aliphatic heterocycles. The lowest BCUT2D eigenvalue weighted by Gasteiger charge is -2.46. The number of carbonyl (C=O) groups is 3. The first-order chi connectivity index (χ1) is 18.8. The Morgan fingerprint density at radius 3 is 2.87 bits per heavy atom. The number of rotatable bonds is 7. The highest BCUT2D eigenvalue weighted by molar-refractivity contribution is 7.22. The van der Waals surface area contributed by atoms with Crippen LogP contribution < -0.4 is 5.32 Å². The van der Waals surface area contributed by atoms with Gasteiger partial charge in [0.1, 0.15) is 18.0 Å². The number of hydrazine groups is 1. The number of amides is 4. The number of benzene rings is 1. The number of pyridine rings is 1. The Balaban J connectivity index is 1.53. The van der Waals surface area contributed by atoms with E-state index in [1.54, 1.807) is 16.0 Å². The second kappa shape index (κ2) is 10.7. The number of urea groups is 1. The fourth-order valence-electron chi connectivity index (χ4n) is 5.02. The van der Waals surface area contributed by atoms with Crippen LogP contribution in [0.1, 0.15) is 11.3 Å². The Kier molecular flexibility index (Phi) is 7.14. The first kappa shape index (κ1) is 26.1. The molecule has 39 heavy (non-hydrogen) atoms. The molecule has 0 spiro atoms. The van der Waals surface area contributed by atoms with Gasteiger partial charge in [-0.15, -0.1) is 6.42 Å². The van der Waals surface area contributed by atoms with Gasteiger partial charge in [0.15, 0.2) is 0 Å². The zero-order chi connectivity index (χ0) is 27.7. The molecule has 2 N–H and O–H groups in total. The van der Waals surface area contributed by atoms with Crippen molar-refractivity contribution < 1.29 is 19.5 Å². The standard InChI is InChI=1S/C26H26N8O4S/c1-4-10-32(26(38)28-3)33-15-22(36)34-19(11-17-8-9-18(35)12-29-17)24(37)31(14-21(33)34)13-16-6-5-7-20-23(16)30-25(27-2)39-20/h1,5-9,12,19,21,35H,2,10-11,13-15H2,3H3,(H,28,38)/t19-,21+/m0/s1. The molecule has 2 aliphatic rings. The molecule has 12 nitrogen and oxygen atoms in total. The molecule has 0 saturated carbocycles. The molecule has 2 aromatic heterocycles. The fraction of sp³-hybridized carbons (Fsp3) is 0.308. The summed E-state index contributed by atoms with van der Waals surface area (Å²) < 4.78 is 0.920. The van der Waals surface area contributed by atoms with Gasteiger partial charge in [0.25, 0.3) is 0 Å². The largest absolute Gasteiger partial charge is 0.506 e. The monoisotopic (exact) mass is 546 g/mol. The Morgan fingerprint density at radius 1 is 1.36 bits per heavy atom. The predicted octanol–water partition coefficient (Wildman–Crippen LogP) is 1.34. The minimum absolute atomic E-state index is 0.00288. The van der Waals surface area contributed by atoms with Crippen LogP contribution in [0.15, 0.2) is 41.5 Å². The summed E-state index contributed by atoms with van der Waals surface area (Å²) in [6.45, 7) is 3.78. The van der Waals surface area contributed by atoms with Crippen LogP contribution >= 0.6 is 11.3 Å². The molecular weight excluding hydrogens is 520 g/mol. The third-order valence-electron chi connectivity index (χ3n) is 6.77. The lowest BCUT2D eigenvalue weighted by atomic mass is 10.0. The quantitative estimate of drug-likeness (QED) is 0.337. The topological polar surface area (TPSA) is 135 Å². The van der Waals surface area contributed by atoms with Gasteiger partial charge in [0, 0.05) is 25.7 Å². The summed E-state index contributed by atoms with van der Waals surface area (Å²) in [7, 11) is 1.48. The van der Waals surface area contributed by atoms with Crippen molar-refractivity contribution >= 4 is 51.2 Å². The van der Waals surface area contributed by atoms with E-state index < -0.39 is 18.2 Å². The summed E-state index contributed by atoms with van der Waals surface area (Å²) in [6, 6.07) is 7.49. The summed E-state index contributed by atoms with van der Waals surface area (Å²) in [4.78, 5) is 55.9. The van der Waals surface area contributed by atoms with Crippen LogP contribution in [0.25, 0.3) is 10.2 Å². The third kappa shape index (κ3) is 4.87. The van der Waals surface area contributed by atoms with Gasteiger partial charge in [-0.1, -0.05) is 29.4 Å². The molecule has 4 heterocycles. The van der Waals surface area contributed by atoms with E-state index in [0.717, 1.165) is 15.8 Å². The van der Waals surface area contributed by atoms with Crippen molar-refractivity contribution in [3.63, 3.8) is 0 Å². The first-order valence-corrected chi connectivity index (χ1v) is 12.9. The van der Waals surface area contributed by atoms with Crippen LogP contribution in [0, 0.1) is 12.3 Å². The van der Waals surface area contributed by atoms with Crippen molar-refractivity contribution in [3.05, 3.63) is 47.8 Å². The Labute approximate surface area is 228 Å². The number of terminal acetylenes is 1. The van der Waals surface area contributed by atoms with Crippen molar-refractivity contribution in [2.24, 2.45) is 4.99 Å². The maximum absolute atomic E-state index is 13.9. The lowest BCUT2D eigenvalue weighted by molar-refractivity contribution is -0.157. The summed E-state index contributed by atoms with van der Waals surface area (Å²) in [5, 5.41) is 15.7. The molecule has 2 saturated heterocycles. The molecule has 3 aromatic rings. The summed E-state index contributed by atoms with van der Waals surface area (Å²) in [5.74, 6) is 1.91. The van der Waals surface area contributed by atoms with Gasteiger partial charge in [0.05, 0.1) is 36.0 Å². The molecule has 2 atom stereocenters. The lowest BCUT2D eigenvalue weighted by Crippen LogP contribution is -2.66. The number of nitrogens with zero attached hydrogens (tertiary/aromatic N) is 7. The minimum Gasteiger partial charge on any atom is -0.506 e. The Hall–Kier alpha value is -4.54. The molecule has 5 rings (SSSR count). The van der Waals surface area contributed by atoms with Gasteiger partial charge < -0.3 is 20.2 Å². The van der Waals surface area contributed by atoms with Crippen LogP contribution in [0.2, 0.25) is 0 Å². The smallest absolute Gasteiger partial charge is 0.332 e. The van der Waals surface area contributed by atoms with E-state index >= 15 is 0 Å². The molecule has 0 aliphatic carbocycles. The average Bonchev–Trinajstić information content (AvgIpc) is 3.51. The predicted molar refractivity (Wildman–Crippen MR) is 145 cm³/mol. The highest BCUT2D eigenvalue weighted by atomic mass is 32.1. The SMILES string of the molecule is C#CCN(C(=O)NC)N1CC(=O)N2[C@@H](Cc3ccc(O)cn3)C(=O)N(Cc3cccc4sc(N=C)nc34)C[C@@H]21. The first-order valence-electron chi connectivity index (χ1n) is 12.1. The van der Waals surface area contributed by atoms with Crippen molar-refractivity contribution in [2.45, 2.75) is 25.2 Å². The van der Waals surface area contributed by atoms with E-state index in [9.17, 15) is 19.5 Å². The number of aromatic hydroxyl groups is 1. The number of thiazole rings is 1. The van der Waals surface area contributed by atoms with E-state index in [1.807, 2.05) is 18.2 Å². The van der Waals surface area contributed by atoms with Gasteiger partial charge in [0.2, 0.25) is 16.9 Å². The summed E-state index contributed by atoms with van der Waals surface area (Å²) in [6.07, 6.45) is 6.33. The third-order valence-corrected chi connectivity index (χ3v) is 7.72. The number of aromatic nitrogens is 2. The highest BCUT2D eigenvalue weighted by Gasteiger charge is 2.52. The van der Waals surface area contributed by atoms with Crippen LogP contribution in [0.5, 0.6) is 5.75 Å². The molecule has 0 radical (unpaired) electrons. The van der Waals surface area contributed by atoms with Crippen LogP contribution in [0.3, 0.4) is 0 Å². The zero-order valence-electron chi connectivity index (χ0n) is 21.1. The van der Waals surface area contributed by atoms with Gasteiger partial charge in [-0.2, -0.15) is 5.01 Å². The van der Waals surface area contributed by atoms with E-state index in [0.29, 0.717) is 10.8 Å². The van der Waals surface area contributed by atoms with Crippen molar-refractivity contribution in [1.29, 1.82) is 0 Å². The van der Waals surface area contributed by atoms with Crippen molar-refractivity contribution in [2.75, 3.05) is 26.7 Å².